The van der Waals surface area contributed by atoms with E-state index in [1.165, 1.54) is 19.3 Å². The van der Waals surface area contributed by atoms with Gasteiger partial charge in [-0.1, -0.05) is 31.8 Å². The van der Waals surface area contributed by atoms with Gasteiger partial charge in [0.15, 0.2) is 5.82 Å². The Morgan fingerprint density at radius 3 is 2.75 bits per heavy atom. The number of rotatable bonds is 2. The molecular weight excluding hydrogens is 204 g/mol. The largest absolute Gasteiger partial charge is 0.385 e. The first-order chi connectivity index (χ1) is 7.50. The van der Waals surface area contributed by atoms with Crippen molar-refractivity contribution in [1.82, 2.24) is 10.1 Å². The van der Waals surface area contributed by atoms with Gasteiger partial charge in [-0.2, -0.15) is 4.98 Å². The van der Waals surface area contributed by atoms with Crippen molar-refractivity contribution in [3.63, 3.8) is 0 Å². The monoisotopic (exact) mass is 224 g/mol. The van der Waals surface area contributed by atoms with Gasteiger partial charge in [0.05, 0.1) is 0 Å². The van der Waals surface area contributed by atoms with Crippen molar-refractivity contribution in [3.8, 4) is 0 Å². The molecule has 2 rings (SSSR count). The molecule has 0 bridgehead atoms. The molecule has 1 fully saturated rings. The standard InChI is InChI=1S/C12H20N2O2/c1-8(15)10-13-11(16-14-10)9-6-4-5-7-12(9,2)3/h8-9,15H,4-7H2,1-3H3. The fourth-order valence-electron chi connectivity index (χ4n) is 2.51. The van der Waals surface area contributed by atoms with Crippen LogP contribution in [0.4, 0.5) is 0 Å². The van der Waals surface area contributed by atoms with E-state index in [-0.39, 0.29) is 5.41 Å². The molecule has 0 spiro atoms. The van der Waals surface area contributed by atoms with E-state index in [1.807, 2.05) is 0 Å². The highest BCUT2D eigenvalue weighted by molar-refractivity contribution is 5.03. The molecule has 2 unspecified atom stereocenters. The molecule has 1 N–H and O–H groups in total. The van der Waals surface area contributed by atoms with Crippen LogP contribution in [0, 0.1) is 5.41 Å². The maximum atomic E-state index is 9.38. The predicted molar refractivity (Wildman–Crippen MR) is 59.9 cm³/mol. The van der Waals surface area contributed by atoms with Crippen molar-refractivity contribution in [2.45, 2.75) is 58.5 Å². The van der Waals surface area contributed by atoms with Crippen LogP contribution in [0.1, 0.15) is 70.2 Å². The quantitative estimate of drug-likeness (QED) is 0.839. The third-order valence-corrected chi connectivity index (χ3v) is 3.64. The van der Waals surface area contributed by atoms with Gasteiger partial charge in [0.2, 0.25) is 5.89 Å². The van der Waals surface area contributed by atoms with Gasteiger partial charge in [0, 0.05) is 5.92 Å². The number of aromatic nitrogens is 2. The van der Waals surface area contributed by atoms with Crippen LogP contribution in [-0.4, -0.2) is 15.2 Å². The Hall–Kier alpha value is -0.900. The summed E-state index contributed by atoms with van der Waals surface area (Å²) in [5.74, 6) is 1.43. The van der Waals surface area contributed by atoms with Crippen LogP contribution in [0.3, 0.4) is 0 Å². The zero-order valence-electron chi connectivity index (χ0n) is 10.2. The van der Waals surface area contributed by atoms with Gasteiger partial charge in [-0.25, -0.2) is 0 Å². The SMILES string of the molecule is CC(O)c1noc(C2CCCCC2(C)C)n1. The van der Waals surface area contributed by atoms with Crippen molar-refractivity contribution < 1.29 is 9.63 Å². The summed E-state index contributed by atoms with van der Waals surface area (Å²) < 4.78 is 5.28. The summed E-state index contributed by atoms with van der Waals surface area (Å²) >= 11 is 0. The molecule has 4 nitrogen and oxygen atoms in total. The molecule has 1 aromatic rings. The number of nitrogens with zero attached hydrogens (tertiary/aromatic N) is 2. The lowest BCUT2D eigenvalue weighted by Crippen LogP contribution is -2.26. The average molecular weight is 224 g/mol. The van der Waals surface area contributed by atoms with Crippen molar-refractivity contribution in [1.29, 1.82) is 0 Å². The lowest BCUT2D eigenvalue weighted by molar-refractivity contribution is 0.162. The summed E-state index contributed by atoms with van der Waals surface area (Å²) in [6.07, 6.45) is 4.16. The Morgan fingerprint density at radius 1 is 1.44 bits per heavy atom. The van der Waals surface area contributed by atoms with E-state index in [2.05, 4.69) is 24.0 Å². The molecule has 0 amide bonds. The molecule has 1 heterocycles. The molecule has 4 heteroatoms. The Balaban J connectivity index is 2.21. The average Bonchev–Trinajstić information content (AvgIpc) is 2.65. The van der Waals surface area contributed by atoms with Crippen molar-refractivity contribution in [2.24, 2.45) is 5.41 Å². The highest BCUT2D eigenvalue weighted by Gasteiger charge is 2.37. The first-order valence-corrected chi connectivity index (χ1v) is 6.02. The van der Waals surface area contributed by atoms with Crippen molar-refractivity contribution in [3.05, 3.63) is 11.7 Å². The first-order valence-electron chi connectivity index (χ1n) is 6.02. The van der Waals surface area contributed by atoms with Gasteiger partial charge >= 0.3 is 0 Å². The van der Waals surface area contributed by atoms with Crippen LogP contribution in [0.2, 0.25) is 0 Å². The lowest BCUT2D eigenvalue weighted by Gasteiger charge is -2.36. The number of aliphatic hydroxyl groups is 1. The molecule has 16 heavy (non-hydrogen) atoms. The zero-order valence-corrected chi connectivity index (χ0v) is 10.2. The first kappa shape index (κ1) is 11.6. The fourth-order valence-corrected chi connectivity index (χ4v) is 2.51. The van der Waals surface area contributed by atoms with Crippen LogP contribution in [0.5, 0.6) is 0 Å². The smallest absolute Gasteiger partial charge is 0.230 e. The summed E-state index contributed by atoms with van der Waals surface area (Å²) in [6, 6.07) is 0. The molecular formula is C12H20N2O2. The molecule has 1 aliphatic rings. The van der Waals surface area contributed by atoms with Gasteiger partial charge in [-0.05, 0) is 25.2 Å². The minimum atomic E-state index is -0.649. The summed E-state index contributed by atoms with van der Waals surface area (Å²) in [5, 5.41) is 13.2. The lowest BCUT2D eigenvalue weighted by atomic mass is 9.69. The van der Waals surface area contributed by atoms with Crippen LogP contribution >= 0.6 is 0 Å². The molecule has 1 aliphatic carbocycles. The Kier molecular flexibility index (Phi) is 3.02. The van der Waals surface area contributed by atoms with E-state index >= 15 is 0 Å². The Morgan fingerprint density at radius 2 is 2.19 bits per heavy atom. The second kappa shape index (κ2) is 4.17. The van der Waals surface area contributed by atoms with Crippen LogP contribution in [0.15, 0.2) is 4.52 Å². The fraction of sp³-hybridized carbons (Fsp3) is 0.833. The van der Waals surface area contributed by atoms with E-state index in [0.29, 0.717) is 17.6 Å². The third kappa shape index (κ3) is 2.12. The van der Waals surface area contributed by atoms with Gasteiger partial charge < -0.3 is 9.63 Å². The Bertz CT molecular complexity index is 358. The summed E-state index contributed by atoms with van der Waals surface area (Å²) in [4.78, 5) is 4.30. The third-order valence-electron chi connectivity index (χ3n) is 3.64. The maximum absolute atomic E-state index is 9.38. The zero-order chi connectivity index (χ0) is 11.8. The van der Waals surface area contributed by atoms with Gasteiger partial charge in [0.1, 0.15) is 6.10 Å². The number of aliphatic hydroxyl groups excluding tert-OH is 1. The van der Waals surface area contributed by atoms with Gasteiger partial charge in [-0.15, -0.1) is 0 Å². The normalized spacial score (nSPS) is 26.6. The van der Waals surface area contributed by atoms with E-state index in [1.54, 1.807) is 6.92 Å². The number of hydrogen-bond acceptors (Lipinski definition) is 4. The van der Waals surface area contributed by atoms with Gasteiger partial charge in [-0.3, -0.25) is 0 Å². The second-order valence-electron chi connectivity index (χ2n) is 5.45. The highest BCUT2D eigenvalue weighted by atomic mass is 16.5. The molecule has 0 aromatic carbocycles. The molecule has 1 aromatic heterocycles. The molecule has 90 valence electrons. The number of hydrogen-bond donors (Lipinski definition) is 1. The summed E-state index contributed by atoms with van der Waals surface area (Å²) in [6.45, 7) is 6.16. The second-order valence-corrected chi connectivity index (χ2v) is 5.45. The van der Waals surface area contributed by atoms with Crippen molar-refractivity contribution in [2.75, 3.05) is 0 Å². The van der Waals surface area contributed by atoms with Crippen LogP contribution in [-0.2, 0) is 0 Å². The molecule has 1 saturated carbocycles. The van der Waals surface area contributed by atoms with E-state index in [9.17, 15) is 5.11 Å². The molecule has 0 aliphatic heterocycles. The predicted octanol–water partition coefficient (Wildman–Crippen LogP) is 2.81. The molecule has 0 saturated heterocycles. The topological polar surface area (TPSA) is 59.2 Å². The van der Waals surface area contributed by atoms with Crippen LogP contribution in [0.25, 0.3) is 0 Å². The summed E-state index contributed by atoms with van der Waals surface area (Å²) in [7, 11) is 0. The summed E-state index contributed by atoms with van der Waals surface area (Å²) in [5.41, 5.74) is 0.223. The van der Waals surface area contributed by atoms with E-state index in [4.69, 9.17) is 4.52 Å². The van der Waals surface area contributed by atoms with Crippen LogP contribution < -0.4 is 0 Å². The highest BCUT2D eigenvalue weighted by Crippen LogP contribution is 2.46. The maximum Gasteiger partial charge on any atom is 0.230 e. The van der Waals surface area contributed by atoms with Crippen molar-refractivity contribution >= 4 is 0 Å². The minimum Gasteiger partial charge on any atom is -0.385 e. The minimum absolute atomic E-state index is 0.223. The molecule has 0 radical (unpaired) electrons. The van der Waals surface area contributed by atoms with Gasteiger partial charge in [0.25, 0.3) is 0 Å². The molecule has 2 atom stereocenters. The van der Waals surface area contributed by atoms with E-state index < -0.39 is 6.10 Å². The van der Waals surface area contributed by atoms with E-state index in [0.717, 1.165) is 6.42 Å². The Labute approximate surface area is 96.1 Å².